The van der Waals surface area contributed by atoms with Gasteiger partial charge in [-0.15, -0.1) is 0 Å². The van der Waals surface area contributed by atoms with E-state index in [1.54, 1.807) is 13.0 Å². The first-order valence-corrected chi connectivity index (χ1v) is 9.63. The van der Waals surface area contributed by atoms with Crippen molar-refractivity contribution in [3.63, 3.8) is 0 Å². The number of nitrogens with zero attached hydrogens (tertiary/aromatic N) is 2. The number of aromatic nitrogens is 2. The van der Waals surface area contributed by atoms with Crippen molar-refractivity contribution in [2.45, 2.75) is 40.3 Å². The first-order valence-electron chi connectivity index (χ1n) is 9.63. The molecule has 3 aromatic rings. The Kier molecular flexibility index (Phi) is 6.44. The molecule has 0 saturated heterocycles. The van der Waals surface area contributed by atoms with Gasteiger partial charge in [0.2, 0.25) is 0 Å². The molecule has 0 aliphatic rings. The third-order valence-corrected chi connectivity index (χ3v) is 4.27. The van der Waals surface area contributed by atoms with E-state index in [4.69, 9.17) is 4.74 Å². The summed E-state index contributed by atoms with van der Waals surface area (Å²) in [6.07, 6.45) is 0.124. The number of carbonyl (C=O) groups excluding carboxylic acids is 1. The van der Waals surface area contributed by atoms with Crippen molar-refractivity contribution in [1.82, 2.24) is 15.3 Å². The third-order valence-electron chi connectivity index (χ3n) is 4.27. The van der Waals surface area contributed by atoms with Gasteiger partial charge in [-0.2, -0.15) is 0 Å². The lowest BCUT2D eigenvalue weighted by atomic mass is 10.1. The van der Waals surface area contributed by atoms with E-state index in [2.05, 4.69) is 20.6 Å². The van der Waals surface area contributed by atoms with Crippen LogP contribution >= 0.6 is 0 Å². The molecule has 0 bridgehead atoms. The van der Waals surface area contributed by atoms with E-state index in [9.17, 15) is 4.79 Å². The highest BCUT2D eigenvalue weighted by Gasteiger charge is 2.11. The van der Waals surface area contributed by atoms with Crippen LogP contribution in [0.3, 0.4) is 0 Å². The van der Waals surface area contributed by atoms with E-state index in [1.165, 1.54) is 0 Å². The van der Waals surface area contributed by atoms with Crippen LogP contribution in [0.15, 0.2) is 54.6 Å². The van der Waals surface area contributed by atoms with Crippen LogP contribution in [0.25, 0.3) is 0 Å². The molecule has 2 aromatic carbocycles. The summed E-state index contributed by atoms with van der Waals surface area (Å²) in [4.78, 5) is 21.2. The molecule has 0 atom stereocenters. The second-order valence-electron chi connectivity index (χ2n) is 7.11. The van der Waals surface area contributed by atoms with Gasteiger partial charge in [0.25, 0.3) is 5.91 Å². The second-order valence-corrected chi connectivity index (χ2v) is 7.11. The maximum absolute atomic E-state index is 12.6. The van der Waals surface area contributed by atoms with Gasteiger partial charge in [0.1, 0.15) is 23.1 Å². The van der Waals surface area contributed by atoms with E-state index < -0.39 is 0 Å². The van der Waals surface area contributed by atoms with Gasteiger partial charge in [-0.25, -0.2) is 9.97 Å². The van der Waals surface area contributed by atoms with Gasteiger partial charge in [0.05, 0.1) is 6.10 Å². The molecule has 1 aromatic heterocycles. The standard InChI is InChI=1S/C23H26N4O2/c1-15(2)29-20-11-9-19(10-12-20)27-22-13-21(25-17(4)26-22)23(28)24-14-18-8-6-5-7-16(18)3/h5-13,15H,14H2,1-4H3,(H,24,28)(H,25,26,27). The lowest BCUT2D eigenvalue weighted by molar-refractivity contribution is 0.0945. The molecule has 1 amide bonds. The van der Waals surface area contributed by atoms with Crippen molar-refractivity contribution in [1.29, 1.82) is 0 Å². The molecule has 150 valence electrons. The first kappa shape index (κ1) is 20.3. The smallest absolute Gasteiger partial charge is 0.270 e. The van der Waals surface area contributed by atoms with E-state index in [0.717, 1.165) is 22.6 Å². The topological polar surface area (TPSA) is 76.1 Å². The van der Waals surface area contributed by atoms with Crippen LogP contribution in [0.4, 0.5) is 11.5 Å². The summed E-state index contributed by atoms with van der Waals surface area (Å²) in [5, 5.41) is 6.14. The first-order chi connectivity index (χ1) is 13.9. The zero-order valence-corrected chi connectivity index (χ0v) is 17.2. The van der Waals surface area contributed by atoms with Crippen molar-refractivity contribution in [2.75, 3.05) is 5.32 Å². The lowest BCUT2D eigenvalue weighted by Crippen LogP contribution is -2.24. The Morgan fingerprint density at radius 3 is 2.45 bits per heavy atom. The molecule has 0 unspecified atom stereocenters. The van der Waals surface area contributed by atoms with Crippen LogP contribution < -0.4 is 15.4 Å². The maximum Gasteiger partial charge on any atom is 0.270 e. The SMILES string of the molecule is Cc1nc(Nc2ccc(OC(C)C)cc2)cc(C(=O)NCc2ccccc2C)n1. The lowest BCUT2D eigenvalue weighted by Gasteiger charge is -2.12. The number of ether oxygens (including phenoxy) is 1. The molecule has 29 heavy (non-hydrogen) atoms. The predicted octanol–water partition coefficient (Wildman–Crippen LogP) is 4.55. The molecule has 0 aliphatic carbocycles. The monoisotopic (exact) mass is 390 g/mol. The zero-order valence-electron chi connectivity index (χ0n) is 17.2. The summed E-state index contributed by atoms with van der Waals surface area (Å²) in [6, 6.07) is 17.2. The summed E-state index contributed by atoms with van der Waals surface area (Å²) in [5.41, 5.74) is 3.39. The van der Waals surface area contributed by atoms with Gasteiger partial charge < -0.3 is 15.4 Å². The molecule has 0 saturated carbocycles. The Morgan fingerprint density at radius 1 is 1.03 bits per heavy atom. The third kappa shape index (κ3) is 5.78. The average Bonchev–Trinajstić information content (AvgIpc) is 2.68. The zero-order chi connectivity index (χ0) is 20.8. The molecule has 6 heteroatoms. The molecule has 3 rings (SSSR count). The Bertz CT molecular complexity index is 984. The molecule has 0 aliphatic heterocycles. The summed E-state index contributed by atoms with van der Waals surface area (Å²) in [6.45, 7) is 8.22. The van der Waals surface area contributed by atoms with Crippen LogP contribution in [-0.4, -0.2) is 22.0 Å². The van der Waals surface area contributed by atoms with Crippen LogP contribution in [0.1, 0.15) is 41.3 Å². The Balaban J connectivity index is 1.69. The van der Waals surface area contributed by atoms with Crippen molar-refractivity contribution in [3.8, 4) is 5.75 Å². The van der Waals surface area contributed by atoms with Crippen molar-refractivity contribution in [3.05, 3.63) is 77.2 Å². The molecule has 1 heterocycles. The highest BCUT2D eigenvalue weighted by atomic mass is 16.5. The quantitative estimate of drug-likeness (QED) is 0.619. The number of aryl methyl sites for hydroxylation is 2. The van der Waals surface area contributed by atoms with Crippen molar-refractivity contribution in [2.24, 2.45) is 0 Å². The van der Waals surface area contributed by atoms with E-state index in [0.29, 0.717) is 23.9 Å². The Labute approximate surface area is 171 Å². The number of nitrogens with one attached hydrogen (secondary N) is 2. The van der Waals surface area contributed by atoms with E-state index in [-0.39, 0.29) is 12.0 Å². The molecule has 6 nitrogen and oxygen atoms in total. The number of anilines is 2. The largest absolute Gasteiger partial charge is 0.491 e. The van der Waals surface area contributed by atoms with Crippen LogP contribution in [0.2, 0.25) is 0 Å². The van der Waals surface area contributed by atoms with Crippen molar-refractivity contribution >= 4 is 17.4 Å². The number of hydrogen-bond acceptors (Lipinski definition) is 5. The normalized spacial score (nSPS) is 10.7. The predicted molar refractivity (Wildman–Crippen MR) is 115 cm³/mol. The second kappa shape index (κ2) is 9.19. The number of amides is 1. The summed E-state index contributed by atoms with van der Waals surface area (Å²) < 4.78 is 5.65. The summed E-state index contributed by atoms with van der Waals surface area (Å²) >= 11 is 0. The molecular formula is C23H26N4O2. The van der Waals surface area contributed by atoms with Gasteiger partial charge >= 0.3 is 0 Å². The minimum atomic E-state index is -0.234. The fourth-order valence-corrected chi connectivity index (χ4v) is 2.86. The number of hydrogen-bond donors (Lipinski definition) is 2. The highest BCUT2D eigenvalue weighted by Crippen LogP contribution is 2.20. The van der Waals surface area contributed by atoms with E-state index in [1.807, 2.05) is 69.3 Å². The molecular weight excluding hydrogens is 364 g/mol. The average molecular weight is 390 g/mol. The molecule has 0 spiro atoms. The van der Waals surface area contributed by atoms with E-state index >= 15 is 0 Å². The number of carbonyl (C=O) groups is 1. The molecule has 0 fully saturated rings. The van der Waals surface area contributed by atoms with Crippen LogP contribution in [0, 0.1) is 13.8 Å². The highest BCUT2D eigenvalue weighted by molar-refractivity contribution is 5.93. The van der Waals surface area contributed by atoms with Crippen molar-refractivity contribution < 1.29 is 9.53 Å². The molecule has 2 N–H and O–H groups in total. The van der Waals surface area contributed by atoms with Gasteiger partial charge in [0, 0.05) is 18.3 Å². The van der Waals surface area contributed by atoms with Crippen LogP contribution in [-0.2, 0) is 6.54 Å². The fraction of sp³-hybridized carbons (Fsp3) is 0.261. The summed E-state index contributed by atoms with van der Waals surface area (Å²) in [7, 11) is 0. The Morgan fingerprint density at radius 2 is 1.76 bits per heavy atom. The fourth-order valence-electron chi connectivity index (χ4n) is 2.86. The van der Waals surface area contributed by atoms with Crippen LogP contribution in [0.5, 0.6) is 5.75 Å². The van der Waals surface area contributed by atoms with Gasteiger partial charge in [-0.3, -0.25) is 4.79 Å². The maximum atomic E-state index is 12.6. The summed E-state index contributed by atoms with van der Waals surface area (Å²) in [5.74, 6) is 1.66. The van der Waals surface area contributed by atoms with Gasteiger partial charge in [-0.05, 0) is 63.1 Å². The number of benzene rings is 2. The minimum Gasteiger partial charge on any atom is -0.491 e. The van der Waals surface area contributed by atoms with Gasteiger partial charge in [0.15, 0.2) is 0 Å². The molecule has 0 radical (unpaired) electrons. The number of rotatable bonds is 7. The van der Waals surface area contributed by atoms with Gasteiger partial charge in [-0.1, -0.05) is 24.3 Å². The minimum absolute atomic E-state index is 0.124. The Hall–Kier alpha value is -3.41.